The number of nitrogens with zero attached hydrogens (tertiary/aromatic N) is 2. The van der Waals surface area contributed by atoms with E-state index in [9.17, 15) is 19.1 Å². The number of imidazole rings is 1. The maximum atomic E-state index is 12.9. The molecule has 0 saturated carbocycles. The summed E-state index contributed by atoms with van der Waals surface area (Å²) < 4.78 is 12.9. The number of carboxylic acids is 1. The van der Waals surface area contributed by atoms with Crippen LogP contribution < -0.4 is 0 Å². The maximum absolute atomic E-state index is 12.9. The van der Waals surface area contributed by atoms with Crippen LogP contribution in [0.5, 0.6) is 0 Å². The van der Waals surface area contributed by atoms with E-state index in [1.54, 1.807) is 23.9 Å². The maximum Gasteiger partial charge on any atom is 0.326 e. The van der Waals surface area contributed by atoms with Gasteiger partial charge < -0.3 is 15.0 Å². The van der Waals surface area contributed by atoms with Crippen LogP contribution in [-0.4, -0.2) is 43.6 Å². The highest BCUT2D eigenvalue weighted by Crippen LogP contribution is 2.22. The van der Waals surface area contributed by atoms with Gasteiger partial charge in [-0.25, -0.2) is 14.2 Å². The summed E-state index contributed by atoms with van der Waals surface area (Å²) in [5.41, 5.74) is 2.49. The van der Waals surface area contributed by atoms with Crippen LogP contribution in [-0.2, 0) is 28.3 Å². The minimum atomic E-state index is -1.01. The second kappa shape index (κ2) is 7.69. The Hall–Kier alpha value is -2.35. The lowest BCUT2D eigenvalue weighted by Gasteiger charge is -2.32. The van der Waals surface area contributed by atoms with Gasteiger partial charge in [0.1, 0.15) is 11.9 Å². The first-order valence-electron chi connectivity index (χ1n) is 7.90. The van der Waals surface area contributed by atoms with Crippen molar-refractivity contribution in [2.75, 3.05) is 5.75 Å². The highest BCUT2D eigenvalue weighted by molar-refractivity contribution is 7.98. The SMILES string of the molecule is O=C(O)[C@@H]1Cc2nc[nH]c2CN1C(=O)CCSCc1ccc(F)cc1. The number of aromatic nitrogens is 2. The van der Waals surface area contributed by atoms with Gasteiger partial charge in [-0.05, 0) is 17.7 Å². The molecular formula is C17H18FN3O3S. The van der Waals surface area contributed by atoms with E-state index in [1.165, 1.54) is 23.4 Å². The van der Waals surface area contributed by atoms with E-state index in [4.69, 9.17) is 0 Å². The van der Waals surface area contributed by atoms with Crippen molar-refractivity contribution in [2.24, 2.45) is 0 Å². The topological polar surface area (TPSA) is 86.3 Å². The molecule has 1 aliphatic heterocycles. The van der Waals surface area contributed by atoms with E-state index < -0.39 is 12.0 Å². The Balaban J connectivity index is 1.53. The number of hydrogen-bond acceptors (Lipinski definition) is 4. The highest BCUT2D eigenvalue weighted by atomic mass is 32.2. The molecule has 1 atom stereocenters. The van der Waals surface area contributed by atoms with E-state index in [0.29, 0.717) is 17.2 Å². The Kier molecular flexibility index (Phi) is 5.37. The first kappa shape index (κ1) is 17.5. The van der Waals surface area contributed by atoms with Crippen molar-refractivity contribution in [3.05, 3.63) is 53.4 Å². The normalized spacial score (nSPS) is 16.5. The Morgan fingerprint density at radius 1 is 1.36 bits per heavy atom. The number of thioether (sulfide) groups is 1. The average molecular weight is 363 g/mol. The average Bonchev–Trinajstić information content (AvgIpc) is 3.06. The van der Waals surface area contributed by atoms with Crippen LogP contribution in [0.3, 0.4) is 0 Å². The Labute approximate surface area is 148 Å². The number of hydrogen-bond donors (Lipinski definition) is 2. The van der Waals surface area contributed by atoms with Gasteiger partial charge in [-0.15, -0.1) is 0 Å². The van der Waals surface area contributed by atoms with Crippen LogP contribution in [0.4, 0.5) is 4.39 Å². The molecule has 2 N–H and O–H groups in total. The Morgan fingerprint density at radius 2 is 2.12 bits per heavy atom. The molecule has 0 spiro atoms. The molecule has 1 amide bonds. The molecule has 25 heavy (non-hydrogen) atoms. The van der Waals surface area contributed by atoms with Gasteiger partial charge in [0.2, 0.25) is 5.91 Å². The summed E-state index contributed by atoms with van der Waals surface area (Å²) in [6.07, 6.45) is 2.01. The molecule has 0 radical (unpaired) electrons. The van der Waals surface area contributed by atoms with E-state index in [-0.39, 0.29) is 31.1 Å². The molecule has 3 rings (SSSR count). The van der Waals surface area contributed by atoms with Crippen molar-refractivity contribution >= 4 is 23.6 Å². The van der Waals surface area contributed by atoms with Gasteiger partial charge in [-0.1, -0.05) is 12.1 Å². The first-order valence-corrected chi connectivity index (χ1v) is 9.05. The summed E-state index contributed by atoms with van der Waals surface area (Å²) >= 11 is 1.56. The van der Waals surface area contributed by atoms with Crippen LogP contribution in [0.25, 0.3) is 0 Å². The second-order valence-corrected chi connectivity index (χ2v) is 6.94. The zero-order valence-corrected chi connectivity index (χ0v) is 14.3. The van der Waals surface area contributed by atoms with Crippen molar-refractivity contribution in [3.63, 3.8) is 0 Å². The number of carbonyl (C=O) groups is 2. The van der Waals surface area contributed by atoms with Gasteiger partial charge in [-0.2, -0.15) is 11.8 Å². The number of amides is 1. The fourth-order valence-electron chi connectivity index (χ4n) is 2.79. The molecule has 0 saturated heterocycles. The number of rotatable bonds is 6. The summed E-state index contributed by atoms with van der Waals surface area (Å²) in [5, 5.41) is 9.40. The highest BCUT2D eigenvalue weighted by Gasteiger charge is 2.35. The quantitative estimate of drug-likeness (QED) is 0.769. The predicted octanol–water partition coefficient (Wildman–Crippen LogP) is 2.21. The van der Waals surface area contributed by atoms with Crippen LogP contribution in [0, 0.1) is 5.82 Å². The van der Waals surface area contributed by atoms with Gasteiger partial charge in [0, 0.05) is 24.3 Å². The molecule has 0 unspecified atom stereocenters. The van der Waals surface area contributed by atoms with Gasteiger partial charge in [0.25, 0.3) is 0 Å². The molecule has 0 bridgehead atoms. The molecular weight excluding hydrogens is 345 g/mol. The third-order valence-electron chi connectivity index (χ3n) is 4.15. The largest absolute Gasteiger partial charge is 0.480 e. The molecule has 1 aromatic heterocycles. The number of nitrogens with one attached hydrogen (secondary N) is 1. The van der Waals surface area contributed by atoms with Crippen LogP contribution in [0.1, 0.15) is 23.4 Å². The van der Waals surface area contributed by atoms with E-state index in [0.717, 1.165) is 11.3 Å². The second-order valence-electron chi connectivity index (χ2n) is 5.84. The first-order chi connectivity index (χ1) is 12.0. The van der Waals surface area contributed by atoms with E-state index >= 15 is 0 Å². The van der Waals surface area contributed by atoms with E-state index in [1.807, 2.05) is 0 Å². The van der Waals surface area contributed by atoms with Crippen molar-refractivity contribution in [1.29, 1.82) is 0 Å². The van der Waals surface area contributed by atoms with Crippen molar-refractivity contribution < 1.29 is 19.1 Å². The molecule has 132 valence electrons. The third-order valence-corrected chi connectivity index (χ3v) is 5.18. The Morgan fingerprint density at radius 3 is 2.84 bits per heavy atom. The molecule has 6 nitrogen and oxygen atoms in total. The lowest BCUT2D eigenvalue weighted by molar-refractivity contribution is -0.151. The number of aromatic amines is 1. The fourth-order valence-corrected chi connectivity index (χ4v) is 3.68. The smallest absolute Gasteiger partial charge is 0.326 e. The molecule has 2 heterocycles. The minimum Gasteiger partial charge on any atom is -0.480 e. The van der Waals surface area contributed by atoms with Crippen LogP contribution in [0.2, 0.25) is 0 Å². The molecule has 0 fully saturated rings. The number of halogens is 1. The number of aliphatic carboxylic acids is 1. The number of carboxylic acid groups (broad SMARTS) is 1. The molecule has 2 aromatic rings. The number of carbonyl (C=O) groups excluding carboxylic acids is 1. The standard InChI is InChI=1S/C17H18FN3O3S/c18-12-3-1-11(2-4-12)9-25-6-5-16(22)21-8-14-13(19-10-20-14)7-15(21)17(23)24/h1-4,10,15H,5-9H2,(H,19,20)(H,23,24)/t15-/m0/s1. The summed E-state index contributed by atoms with van der Waals surface area (Å²) in [5.74, 6) is -0.206. The van der Waals surface area contributed by atoms with Crippen LogP contribution >= 0.6 is 11.8 Å². The molecule has 1 aromatic carbocycles. The lowest BCUT2D eigenvalue weighted by Crippen LogP contribution is -2.48. The summed E-state index contributed by atoms with van der Waals surface area (Å²) in [6.45, 7) is 0.244. The van der Waals surface area contributed by atoms with Gasteiger partial charge >= 0.3 is 5.97 Å². The predicted molar refractivity (Wildman–Crippen MR) is 91.4 cm³/mol. The van der Waals surface area contributed by atoms with Gasteiger partial charge in [0.15, 0.2) is 0 Å². The van der Waals surface area contributed by atoms with Crippen molar-refractivity contribution in [3.8, 4) is 0 Å². The monoisotopic (exact) mass is 363 g/mol. The Bertz CT molecular complexity index is 763. The van der Waals surface area contributed by atoms with Crippen molar-refractivity contribution in [1.82, 2.24) is 14.9 Å². The number of benzene rings is 1. The third kappa shape index (κ3) is 4.19. The zero-order chi connectivity index (χ0) is 17.8. The van der Waals surface area contributed by atoms with Crippen molar-refractivity contribution in [2.45, 2.75) is 31.2 Å². The molecule has 1 aliphatic rings. The number of fused-ring (bicyclic) bond motifs is 1. The summed E-state index contributed by atoms with van der Waals surface area (Å²) in [6, 6.07) is 5.39. The van der Waals surface area contributed by atoms with Crippen LogP contribution in [0.15, 0.2) is 30.6 Å². The van der Waals surface area contributed by atoms with Gasteiger partial charge in [0.05, 0.1) is 24.3 Å². The van der Waals surface area contributed by atoms with Gasteiger partial charge in [-0.3, -0.25) is 4.79 Å². The number of H-pyrrole nitrogens is 1. The zero-order valence-electron chi connectivity index (χ0n) is 13.4. The summed E-state index contributed by atoms with van der Waals surface area (Å²) in [7, 11) is 0. The minimum absolute atomic E-state index is 0.181. The fraction of sp³-hybridized carbons (Fsp3) is 0.353. The summed E-state index contributed by atoms with van der Waals surface area (Å²) in [4.78, 5) is 32.4. The lowest BCUT2D eigenvalue weighted by atomic mass is 10.0. The molecule has 8 heteroatoms. The molecule has 0 aliphatic carbocycles. The van der Waals surface area contributed by atoms with E-state index in [2.05, 4.69) is 9.97 Å².